The highest BCUT2D eigenvalue weighted by Crippen LogP contribution is 2.43. The maximum Gasteiger partial charge on any atom is 0.265 e. The Balaban J connectivity index is 2.05. The van der Waals surface area contributed by atoms with Crippen LogP contribution >= 0.6 is 0 Å². The lowest BCUT2D eigenvalue weighted by atomic mass is 10.1. The molecule has 0 saturated carbocycles. The fraction of sp³-hybridized carbons (Fsp3) is 0.500. The fourth-order valence-corrected chi connectivity index (χ4v) is 3.93. The van der Waals surface area contributed by atoms with Crippen LogP contribution in [-0.2, 0) is 0 Å². The van der Waals surface area contributed by atoms with Gasteiger partial charge in [-0.2, -0.15) is 0 Å². The van der Waals surface area contributed by atoms with Crippen molar-refractivity contribution in [2.45, 2.75) is 60.4 Å². The van der Waals surface area contributed by atoms with Gasteiger partial charge in [0.15, 0.2) is 0 Å². The first kappa shape index (κ1) is 18.6. The molecule has 0 atom stereocenters. The van der Waals surface area contributed by atoms with Crippen molar-refractivity contribution in [1.29, 1.82) is 0 Å². The molecule has 1 aromatic carbocycles. The van der Waals surface area contributed by atoms with Gasteiger partial charge in [0.25, 0.3) is 5.88 Å². The molecule has 0 amide bonds. The van der Waals surface area contributed by atoms with Crippen LogP contribution < -0.4 is 14.4 Å². The zero-order valence-electron chi connectivity index (χ0n) is 16.8. The minimum Gasteiger partial charge on any atom is -0.484 e. The van der Waals surface area contributed by atoms with Gasteiger partial charge < -0.3 is 14.4 Å². The predicted octanol–water partition coefficient (Wildman–Crippen LogP) is 5.49. The number of hydrogen-bond acceptors (Lipinski definition) is 4. The van der Waals surface area contributed by atoms with Gasteiger partial charge in [0.2, 0.25) is 5.75 Å². The summed E-state index contributed by atoms with van der Waals surface area (Å²) in [7, 11) is 0. The molecule has 4 nitrogen and oxygen atoms in total. The lowest BCUT2D eigenvalue weighted by Gasteiger charge is -2.37. The van der Waals surface area contributed by atoms with Crippen molar-refractivity contribution < 1.29 is 9.47 Å². The van der Waals surface area contributed by atoms with Crippen molar-refractivity contribution in [3.05, 3.63) is 40.6 Å². The average Bonchev–Trinajstić information content (AvgIpc) is 2.59. The van der Waals surface area contributed by atoms with E-state index in [9.17, 15) is 0 Å². The number of benzene rings is 1. The molecule has 0 aliphatic carbocycles. The normalized spacial score (nSPS) is 13.6. The Bertz CT molecular complexity index is 774. The van der Waals surface area contributed by atoms with Gasteiger partial charge in [-0.3, -0.25) is 0 Å². The molecule has 0 saturated heterocycles. The summed E-state index contributed by atoms with van der Waals surface area (Å²) in [6.07, 6.45) is 2.23. The molecule has 2 aromatic rings. The van der Waals surface area contributed by atoms with E-state index < -0.39 is 0 Å². The molecule has 140 valence electrons. The third-order valence-electron chi connectivity index (χ3n) is 5.13. The Morgan fingerprint density at radius 2 is 1.73 bits per heavy atom. The van der Waals surface area contributed by atoms with Crippen LogP contribution in [0.2, 0.25) is 0 Å². The molecule has 3 rings (SSSR count). The van der Waals surface area contributed by atoms with Crippen LogP contribution in [0.15, 0.2) is 18.2 Å². The van der Waals surface area contributed by atoms with Crippen molar-refractivity contribution in [1.82, 2.24) is 4.98 Å². The SMILES string of the molecule is CCC(CC)N1CCOc2c1cc(C)nc2Oc1c(C)cc(C)cc1C. The van der Waals surface area contributed by atoms with E-state index in [1.54, 1.807) is 0 Å². The number of ether oxygens (including phenoxy) is 2. The first-order chi connectivity index (χ1) is 12.4. The molecule has 0 bridgehead atoms. The number of aromatic nitrogens is 1. The molecule has 4 heteroatoms. The van der Waals surface area contributed by atoms with Crippen molar-refractivity contribution >= 4 is 5.69 Å². The van der Waals surface area contributed by atoms with Crippen LogP contribution in [0.5, 0.6) is 17.4 Å². The summed E-state index contributed by atoms with van der Waals surface area (Å²) < 4.78 is 12.3. The lowest BCUT2D eigenvalue weighted by molar-refractivity contribution is 0.280. The molecule has 1 aliphatic rings. The number of fused-ring (bicyclic) bond motifs is 1. The highest BCUT2D eigenvalue weighted by molar-refractivity contribution is 5.66. The first-order valence-corrected chi connectivity index (χ1v) is 9.61. The second-order valence-electron chi connectivity index (χ2n) is 7.26. The van der Waals surface area contributed by atoms with Gasteiger partial charge >= 0.3 is 0 Å². The van der Waals surface area contributed by atoms with Gasteiger partial charge in [0.1, 0.15) is 12.4 Å². The van der Waals surface area contributed by atoms with E-state index in [2.05, 4.69) is 62.7 Å². The summed E-state index contributed by atoms with van der Waals surface area (Å²) in [5.74, 6) is 2.22. The van der Waals surface area contributed by atoms with Gasteiger partial charge in [0.05, 0.1) is 12.2 Å². The third-order valence-corrected chi connectivity index (χ3v) is 5.13. The van der Waals surface area contributed by atoms with Gasteiger partial charge in [-0.05, 0) is 57.7 Å². The molecule has 1 aromatic heterocycles. The van der Waals surface area contributed by atoms with E-state index in [-0.39, 0.29) is 0 Å². The van der Waals surface area contributed by atoms with Gasteiger partial charge in [-0.15, -0.1) is 0 Å². The zero-order chi connectivity index (χ0) is 18.8. The minimum atomic E-state index is 0.509. The monoisotopic (exact) mass is 354 g/mol. The maximum absolute atomic E-state index is 6.31. The van der Waals surface area contributed by atoms with Crippen LogP contribution in [0.25, 0.3) is 0 Å². The molecule has 26 heavy (non-hydrogen) atoms. The molecule has 0 fully saturated rings. The van der Waals surface area contributed by atoms with Gasteiger partial charge in [-0.25, -0.2) is 4.98 Å². The summed E-state index contributed by atoms with van der Waals surface area (Å²) in [4.78, 5) is 7.11. The molecule has 1 aliphatic heterocycles. The van der Waals surface area contributed by atoms with E-state index in [1.807, 2.05) is 6.92 Å². The van der Waals surface area contributed by atoms with Crippen LogP contribution in [0.3, 0.4) is 0 Å². The zero-order valence-corrected chi connectivity index (χ0v) is 16.8. The van der Waals surface area contributed by atoms with E-state index in [0.29, 0.717) is 18.5 Å². The highest BCUT2D eigenvalue weighted by atomic mass is 16.5. The number of pyridine rings is 1. The van der Waals surface area contributed by atoms with E-state index in [4.69, 9.17) is 9.47 Å². The summed E-state index contributed by atoms with van der Waals surface area (Å²) in [5.41, 5.74) is 5.53. The van der Waals surface area contributed by atoms with Crippen LogP contribution in [0.4, 0.5) is 5.69 Å². The maximum atomic E-state index is 6.31. The van der Waals surface area contributed by atoms with E-state index in [1.165, 1.54) is 5.56 Å². The molecule has 0 spiro atoms. The lowest BCUT2D eigenvalue weighted by Crippen LogP contribution is -2.40. The van der Waals surface area contributed by atoms with E-state index in [0.717, 1.165) is 53.4 Å². The summed E-state index contributed by atoms with van der Waals surface area (Å²) >= 11 is 0. The number of rotatable bonds is 5. The number of hydrogen-bond donors (Lipinski definition) is 0. The van der Waals surface area contributed by atoms with Crippen LogP contribution in [0.1, 0.15) is 49.1 Å². The predicted molar refractivity (Wildman–Crippen MR) is 107 cm³/mol. The topological polar surface area (TPSA) is 34.6 Å². The number of aryl methyl sites for hydroxylation is 4. The Labute approximate surface area is 157 Å². The van der Waals surface area contributed by atoms with Crippen LogP contribution in [0, 0.1) is 27.7 Å². The Kier molecular flexibility index (Phi) is 5.40. The Hall–Kier alpha value is -2.23. The quantitative estimate of drug-likeness (QED) is 0.710. The Morgan fingerprint density at radius 1 is 1.08 bits per heavy atom. The largest absolute Gasteiger partial charge is 0.484 e. The molecule has 0 N–H and O–H groups in total. The molecule has 0 unspecified atom stereocenters. The van der Waals surface area contributed by atoms with Crippen molar-refractivity contribution in [2.75, 3.05) is 18.1 Å². The first-order valence-electron chi connectivity index (χ1n) is 9.61. The van der Waals surface area contributed by atoms with Crippen LogP contribution in [-0.4, -0.2) is 24.2 Å². The standard InChI is InChI=1S/C22H30N2O2/c1-7-18(8-2)24-9-10-25-21-19(24)13-17(6)23-22(21)26-20-15(4)11-14(3)12-16(20)5/h11-13,18H,7-10H2,1-6H3. The van der Waals surface area contributed by atoms with Crippen molar-refractivity contribution in [3.63, 3.8) is 0 Å². The van der Waals surface area contributed by atoms with Crippen molar-refractivity contribution in [3.8, 4) is 17.4 Å². The Morgan fingerprint density at radius 3 is 2.35 bits per heavy atom. The molecular formula is C22H30N2O2. The smallest absolute Gasteiger partial charge is 0.265 e. The van der Waals surface area contributed by atoms with Gasteiger partial charge in [-0.1, -0.05) is 31.5 Å². The summed E-state index contributed by atoms with van der Waals surface area (Å²) in [5, 5.41) is 0. The third kappa shape index (κ3) is 3.50. The average molecular weight is 354 g/mol. The van der Waals surface area contributed by atoms with E-state index >= 15 is 0 Å². The highest BCUT2D eigenvalue weighted by Gasteiger charge is 2.28. The molecular weight excluding hydrogens is 324 g/mol. The minimum absolute atomic E-state index is 0.509. The molecule has 0 radical (unpaired) electrons. The number of anilines is 1. The fourth-order valence-electron chi connectivity index (χ4n) is 3.93. The second kappa shape index (κ2) is 7.56. The van der Waals surface area contributed by atoms with Gasteiger partial charge in [0, 0.05) is 11.7 Å². The summed E-state index contributed by atoms with van der Waals surface area (Å²) in [6.45, 7) is 14.3. The van der Waals surface area contributed by atoms with Crippen molar-refractivity contribution in [2.24, 2.45) is 0 Å². The number of nitrogens with zero attached hydrogens (tertiary/aromatic N) is 2. The second-order valence-corrected chi connectivity index (χ2v) is 7.26. The molecule has 2 heterocycles. The summed E-state index contributed by atoms with van der Waals surface area (Å²) in [6, 6.07) is 6.91.